The minimum atomic E-state index is -2.51. The molecule has 0 radical (unpaired) electrons. The summed E-state index contributed by atoms with van der Waals surface area (Å²) in [6.07, 6.45) is 5.82. The summed E-state index contributed by atoms with van der Waals surface area (Å²) >= 11 is 3.53. The maximum absolute atomic E-state index is 12.9. The van der Waals surface area contributed by atoms with Gasteiger partial charge in [0.05, 0.1) is 16.6 Å². The van der Waals surface area contributed by atoms with Gasteiger partial charge in [0.2, 0.25) is 11.9 Å². The van der Waals surface area contributed by atoms with Crippen LogP contribution in [0.1, 0.15) is 26.2 Å². The summed E-state index contributed by atoms with van der Waals surface area (Å²) in [7, 11) is -0.830. The van der Waals surface area contributed by atoms with E-state index in [0.29, 0.717) is 22.6 Å². The molecule has 35 heavy (non-hydrogen) atoms. The fourth-order valence-corrected chi connectivity index (χ4v) is 6.52. The lowest BCUT2D eigenvalue weighted by molar-refractivity contribution is -0.129. The van der Waals surface area contributed by atoms with Crippen molar-refractivity contribution in [2.75, 3.05) is 25.7 Å². The minimum Gasteiger partial charge on any atom is -0.359 e. The fraction of sp³-hybridized carbons (Fsp3) is 0.375. The van der Waals surface area contributed by atoms with E-state index in [0.717, 1.165) is 40.1 Å². The second kappa shape index (κ2) is 8.68. The molecule has 0 spiro atoms. The van der Waals surface area contributed by atoms with Crippen molar-refractivity contribution >= 4 is 62.2 Å². The second-order valence-corrected chi connectivity index (χ2v) is 13.7. The van der Waals surface area contributed by atoms with Gasteiger partial charge in [0.25, 0.3) is 0 Å². The molecule has 1 saturated carbocycles. The quantitative estimate of drug-likeness (QED) is 0.356. The van der Waals surface area contributed by atoms with E-state index in [-0.39, 0.29) is 11.9 Å². The fourth-order valence-electron chi connectivity index (χ4n) is 4.89. The molecule has 1 fully saturated rings. The predicted octanol–water partition coefficient (Wildman–Crippen LogP) is 4.09. The molecule has 2 atom stereocenters. The van der Waals surface area contributed by atoms with Crippen LogP contribution >= 0.6 is 23.1 Å². The molecule has 1 aliphatic carbocycles. The van der Waals surface area contributed by atoms with E-state index < -0.39 is 12.6 Å². The summed E-state index contributed by atoms with van der Waals surface area (Å²) in [6.45, 7) is 5.52. The van der Waals surface area contributed by atoms with Gasteiger partial charge in [0.1, 0.15) is 11.7 Å². The number of fused-ring (bicyclic) bond motifs is 2. The summed E-state index contributed by atoms with van der Waals surface area (Å²) in [4.78, 5) is 26.0. The largest absolute Gasteiger partial charge is 0.359 e. The first-order valence-electron chi connectivity index (χ1n) is 11.4. The van der Waals surface area contributed by atoms with Crippen molar-refractivity contribution in [1.82, 2.24) is 30.0 Å². The van der Waals surface area contributed by atoms with Crippen molar-refractivity contribution in [3.63, 3.8) is 0 Å². The zero-order valence-corrected chi connectivity index (χ0v) is 22.5. The molecule has 4 aromatic rings. The normalized spacial score (nSPS) is 20.4. The highest BCUT2D eigenvalue weighted by Gasteiger charge is 2.41. The summed E-state index contributed by atoms with van der Waals surface area (Å²) < 4.78 is 15.3. The highest BCUT2D eigenvalue weighted by atomic mass is 79.9. The van der Waals surface area contributed by atoms with Crippen molar-refractivity contribution in [1.29, 1.82) is 0 Å². The number of pyridine rings is 1. The van der Waals surface area contributed by atoms with Crippen LogP contribution in [-0.4, -0.2) is 57.1 Å². The summed E-state index contributed by atoms with van der Waals surface area (Å²) in [5, 5.41) is 13.2. The van der Waals surface area contributed by atoms with E-state index in [4.69, 9.17) is 4.98 Å². The SMILES string of the molecule is CNC(=O)[C@]1(C)CC[C@@H](Nc2ncc3c(Br)nn(-c4ccc5nccc(P(C)(C)=O)c5c4)c3n2)C1. The van der Waals surface area contributed by atoms with Gasteiger partial charge in [-0.25, -0.2) is 9.67 Å². The van der Waals surface area contributed by atoms with Crippen LogP contribution in [0.15, 0.2) is 41.3 Å². The van der Waals surface area contributed by atoms with Crippen LogP contribution < -0.4 is 15.9 Å². The molecule has 5 rings (SSSR count). The van der Waals surface area contributed by atoms with Crippen LogP contribution in [0.4, 0.5) is 5.95 Å². The van der Waals surface area contributed by atoms with Crippen molar-refractivity contribution in [2.45, 2.75) is 32.2 Å². The topological polar surface area (TPSA) is 115 Å². The number of hydrogen-bond donors (Lipinski definition) is 2. The molecule has 3 aromatic heterocycles. The van der Waals surface area contributed by atoms with Gasteiger partial charge < -0.3 is 15.2 Å². The van der Waals surface area contributed by atoms with Gasteiger partial charge in [0, 0.05) is 41.6 Å². The average molecular weight is 556 g/mol. The average Bonchev–Trinajstić information content (AvgIpc) is 3.37. The summed E-state index contributed by atoms with van der Waals surface area (Å²) in [5.74, 6) is 0.557. The number of rotatable bonds is 5. The Kier molecular flexibility index (Phi) is 5.92. The van der Waals surface area contributed by atoms with Crippen molar-refractivity contribution < 1.29 is 9.36 Å². The van der Waals surface area contributed by atoms with Crippen LogP contribution in [0.5, 0.6) is 0 Å². The number of anilines is 1. The van der Waals surface area contributed by atoms with Gasteiger partial charge in [-0.05, 0) is 72.8 Å². The minimum absolute atomic E-state index is 0.0639. The number of halogens is 1. The second-order valence-electron chi connectivity index (χ2n) is 9.74. The van der Waals surface area contributed by atoms with Gasteiger partial charge in [-0.3, -0.25) is 9.78 Å². The molecular weight excluding hydrogens is 529 g/mol. The number of nitrogens with zero attached hydrogens (tertiary/aromatic N) is 5. The number of amides is 1. The standard InChI is InChI=1S/C24H27BrN7O2P/c1-24(22(33)26-2)9-7-14(12-24)29-23-28-13-17-20(25)31-32(21(17)30-23)15-5-6-18-16(11-15)19(8-10-27-18)35(3,4)34/h5-6,8,10-11,13-14H,7,9,12H2,1-4H3,(H,26,33)(H,28,29,30)/t14-,24-/m1/s1. The lowest BCUT2D eigenvalue weighted by Gasteiger charge is -2.22. The molecule has 0 saturated heterocycles. The smallest absolute Gasteiger partial charge is 0.225 e. The highest BCUT2D eigenvalue weighted by Crippen LogP contribution is 2.39. The molecular formula is C24H27BrN7O2P. The molecule has 1 aliphatic rings. The van der Waals surface area contributed by atoms with Gasteiger partial charge >= 0.3 is 0 Å². The molecule has 1 amide bonds. The van der Waals surface area contributed by atoms with Crippen molar-refractivity contribution in [3.05, 3.63) is 41.3 Å². The first-order valence-corrected chi connectivity index (χ1v) is 14.8. The third kappa shape index (κ3) is 4.34. The molecule has 9 nitrogen and oxygen atoms in total. The van der Waals surface area contributed by atoms with Crippen LogP contribution in [0, 0.1) is 5.41 Å². The molecule has 0 unspecified atom stereocenters. The van der Waals surface area contributed by atoms with E-state index in [9.17, 15) is 9.36 Å². The maximum atomic E-state index is 12.9. The van der Waals surface area contributed by atoms with E-state index in [2.05, 4.69) is 41.6 Å². The lowest BCUT2D eigenvalue weighted by atomic mass is 9.87. The third-order valence-electron chi connectivity index (χ3n) is 6.76. The number of aromatic nitrogens is 5. The zero-order chi connectivity index (χ0) is 25.0. The Morgan fingerprint density at radius 1 is 1.23 bits per heavy atom. The van der Waals surface area contributed by atoms with Gasteiger partial charge in [-0.15, -0.1) is 0 Å². The Hall–Kier alpha value is -2.84. The molecule has 182 valence electrons. The number of benzene rings is 1. The Morgan fingerprint density at radius 3 is 2.77 bits per heavy atom. The predicted molar refractivity (Wildman–Crippen MR) is 142 cm³/mol. The van der Waals surface area contributed by atoms with Gasteiger partial charge in [-0.2, -0.15) is 10.1 Å². The van der Waals surface area contributed by atoms with E-state index in [1.807, 2.05) is 31.2 Å². The number of carbonyl (C=O) groups excluding carboxylic acids is 1. The molecule has 1 aromatic carbocycles. The van der Waals surface area contributed by atoms with Crippen LogP contribution in [0.3, 0.4) is 0 Å². The van der Waals surface area contributed by atoms with Gasteiger partial charge in [0.15, 0.2) is 5.65 Å². The third-order valence-corrected chi connectivity index (χ3v) is 8.89. The molecule has 0 aliphatic heterocycles. The van der Waals surface area contributed by atoms with Gasteiger partial charge in [-0.1, -0.05) is 6.92 Å². The van der Waals surface area contributed by atoms with Crippen LogP contribution in [0.2, 0.25) is 0 Å². The number of hydrogen-bond acceptors (Lipinski definition) is 7. The molecule has 0 bridgehead atoms. The Morgan fingerprint density at radius 2 is 2.03 bits per heavy atom. The number of nitrogens with one attached hydrogen (secondary N) is 2. The summed E-state index contributed by atoms with van der Waals surface area (Å²) in [5.41, 5.74) is 1.81. The lowest BCUT2D eigenvalue weighted by Crippen LogP contribution is -2.35. The van der Waals surface area contributed by atoms with E-state index in [1.54, 1.807) is 37.5 Å². The summed E-state index contributed by atoms with van der Waals surface area (Å²) in [6, 6.07) is 7.71. The van der Waals surface area contributed by atoms with E-state index >= 15 is 0 Å². The maximum Gasteiger partial charge on any atom is 0.225 e. The first-order chi connectivity index (χ1) is 16.6. The molecule has 11 heteroatoms. The molecule has 3 heterocycles. The molecule has 2 N–H and O–H groups in total. The van der Waals surface area contributed by atoms with E-state index in [1.165, 1.54) is 0 Å². The van der Waals surface area contributed by atoms with Crippen LogP contribution in [0.25, 0.3) is 27.6 Å². The van der Waals surface area contributed by atoms with Crippen molar-refractivity contribution in [3.8, 4) is 5.69 Å². The van der Waals surface area contributed by atoms with Crippen LogP contribution in [-0.2, 0) is 9.36 Å². The Balaban J connectivity index is 1.53. The first kappa shape index (κ1) is 23.9. The Labute approximate surface area is 211 Å². The number of carbonyl (C=O) groups is 1. The highest BCUT2D eigenvalue weighted by molar-refractivity contribution is 9.10. The monoisotopic (exact) mass is 555 g/mol. The zero-order valence-electron chi connectivity index (χ0n) is 20.0. The Bertz CT molecular complexity index is 1510. The van der Waals surface area contributed by atoms with Crippen molar-refractivity contribution in [2.24, 2.45) is 5.41 Å².